The van der Waals surface area contributed by atoms with E-state index in [1.807, 2.05) is 18.2 Å². The zero-order chi connectivity index (χ0) is 17.9. The van der Waals surface area contributed by atoms with Gasteiger partial charge in [-0.15, -0.1) is 0 Å². The van der Waals surface area contributed by atoms with Crippen LogP contribution in [0.4, 0.5) is 4.39 Å². The van der Waals surface area contributed by atoms with Crippen molar-refractivity contribution in [2.45, 2.75) is 25.1 Å². The summed E-state index contributed by atoms with van der Waals surface area (Å²) in [6.45, 7) is 5.06. The zero-order valence-corrected chi connectivity index (χ0v) is 15.1. The summed E-state index contributed by atoms with van der Waals surface area (Å²) in [6, 6.07) is 15.3. The summed E-state index contributed by atoms with van der Waals surface area (Å²) in [6.07, 6.45) is 1.14. The summed E-state index contributed by atoms with van der Waals surface area (Å²) in [5.41, 5.74) is 1.31. The van der Waals surface area contributed by atoms with Gasteiger partial charge < -0.3 is 9.47 Å². The molecule has 2 heterocycles. The lowest BCUT2D eigenvalue weighted by atomic mass is 10.1. The van der Waals surface area contributed by atoms with E-state index in [2.05, 4.69) is 21.9 Å². The molecule has 0 amide bonds. The summed E-state index contributed by atoms with van der Waals surface area (Å²) in [7, 11) is 1.69. The summed E-state index contributed by atoms with van der Waals surface area (Å²) >= 11 is 0. The molecule has 0 saturated carbocycles. The van der Waals surface area contributed by atoms with Gasteiger partial charge in [0.25, 0.3) is 0 Å². The number of methoxy groups -OCH3 is 1. The zero-order valence-electron chi connectivity index (χ0n) is 15.1. The molecular weight excluding hydrogens is 331 g/mol. The largest absolute Gasteiger partial charge is 0.497 e. The van der Waals surface area contributed by atoms with Gasteiger partial charge in [-0.05, 0) is 29.8 Å². The van der Waals surface area contributed by atoms with Gasteiger partial charge in [0.15, 0.2) is 0 Å². The molecule has 0 aliphatic carbocycles. The number of halogens is 1. The normalized spacial score (nSPS) is 23.6. The minimum absolute atomic E-state index is 0.141. The van der Waals surface area contributed by atoms with Gasteiger partial charge in [-0.1, -0.05) is 18.2 Å². The molecule has 2 aliphatic rings. The van der Waals surface area contributed by atoms with Crippen LogP contribution >= 0.6 is 0 Å². The summed E-state index contributed by atoms with van der Waals surface area (Å²) in [4.78, 5) is 5.02. The second-order valence-electron chi connectivity index (χ2n) is 7.16. The Morgan fingerprint density at radius 2 is 1.88 bits per heavy atom. The van der Waals surface area contributed by atoms with Crippen molar-refractivity contribution in [2.24, 2.45) is 0 Å². The number of hydrogen-bond donors (Lipinski definition) is 0. The van der Waals surface area contributed by atoms with Crippen molar-refractivity contribution in [1.29, 1.82) is 0 Å². The molecule has 138 valence electrons. The van der Waals surface area contributed by atoms with Gasteiger partial charge in [0.05, 0.1) is 7.11 Å². The number of ether oxygens (including phenoxy) is 2. The molecule has 0 unspecified atom stereocenters. The van der Waals surface area contributed by atoms with Crippen LogP contribution in [0.5, 0.6) is 11.5 Å². The first-order valence-corrected chi connectivity index (χ1v) is 9.21. The van der Waals surface area contributed by atoms with Crippen LogP contribution in [-0.4, -0.2) is 55.2 Å². The molecule has 26 heavy (non-hydrogen) atoms. The van der Waals surface area contributed by atoms with Crippen LogP contribution in [-0.2, 0) is 6.54 Å². The Bertz CT molecular complexity index is 737. The Kier molecular flexibility index (Phi) is 5.09. The fourth-order valence-corrected chi connectivity index (χ4v) is 4.01. The van der Waals surface area contributed by atoms with Crippen molar-refractivity contribution in [3.05, 3.63) is 59.9 Å². The molecule has 0 radical (unpaired) electrons. The van der Waals surface area contributed by atoms with Gasteiger partial charge in [-0.2, -0.15) is 0 Å². The molecule has 5 heteroatoms. The van der Waals surface area contributed by atoms with E-state index in [0.29, 0.717) is 11.8 Å². The number of rotatable bonds is 5. The first kappa shape index (κ1) is 17.3. The van der Waals surface area contributed by atoms with Crippen LogP contribution in [0.1, 0.15) is 12.0 Å². The van der Waals surface area contributed by atoms with E-state index in [1.54, 1.807) is 13.2 Å². The highest BCUT2D eigenvalue weighted by Gasteiger charge is 2.37. The number of benzene rings is 2. The first-order chi connectivity index (χ1) is 12.7. The van der Waals surface area contributed by atoms with Gasteiger partial charge in [0.2, 0.25) is 0 Å². The Balaban J connectivity index is 1.32. The lowest BCUT2D eigenvalue weighted by molar-refractivity contribution is 0.0978. The van der Waals surface area contributed by atoms with Crippen molar-refractivity contribution in [3.63, 3.8) is 0 Å². The van der Waals surface area contributed by atoms with Crippen molar-refractivity contribution >= 4 is 0 Å². The van der Waals surface area contributed by atoms with E-state index < -0.39 is 0 Å². The third-order valence-electron chi connectivity index (χ3n) is 5.33. The molecule has 2 aromatic rings. The van der Waals surface area contributed by atoms with E-state index in [-0.39, 0.29) is 11.9 Å². The molecule has 0 aromatic heterocycles. The third kappa shape index (κ3) is 4.00. The van der Waals surface area contributed by atoms with E-state index in [0.717, 1.165) is 44.9 Å². The SMILES string of the molecule is COc1ccc(CN2CCN3C[C@@H](Oc4cccc(F)c4)C[C@@H]3C2)cc1. The van der Waals surface area contributed by atoms with Crippen molar-refractivity contribution in [3.8, 4) is 11.5 Å². The maximum absolute atomic E-state index is 13.3. The molecule has 4 nitrogen and oxygen atoms in total. The molecule has 4 rings (SSSR count). The Labute approximate surface area is 154 Å². The average molecular weight is 356 g/mol. The summed E-state index contributed by atoms with van der Waals surface area (Å²) in [5.74, 6) is 1.28. The predicted octanol–water partition coefficient (Wildman–Crippen LogP) is 3.17. The number of piperazine rings is 1. The van der Waals surface area contributed by atoms with Crippen LogP contribution in [0, 0.1) is 5.82 Å². The van der Waals surface area contributed by atoms with Crippen LogP contribution in [0.2, 0.25) is 0 Å². The average Bonchev–Trinajstić information content (AvgIpc) is 3.04. The first-order valence-electron chi connectivity index (χ1n) is 9.21. The van der Waals surface area contributed by atoms with Gasteiger partial charge in [-0.25, -0.2) is 4.39 Å². The van der Waals surface area contributed by atoms with Gasteiger partial charge >= 0.3 is 0 Å². The molecule has 0 bridgehead atoms. The van der Waals surface area contributed by atoms with E-state index in [1.165, 1.54) is 17.7 Å². The second kappa shape index (κ2) is 7.64. The highest BCUT2D eigenvalue weighted by Crippen LogP contribution is 2.27. The number of fused-ring (bicyclic) bond motifs is 1. The topological polar surface area (TPSA) is 24.9 Å². The van der Waals surface area contributed by atoms with E-state index in [9.17, 15) is 4.39 Å². The molecule has 2 saturated heterocycles. The van der Waals surface area contributed by atoms with Gasteiger partial charge in [0.1, 0.15) is 23.4 Å². The van der Waals surface area contributed by atoms with Gasteiger partial charge in [0, 0.05) is 51.3 Å². The summed E-state index contributed by atoms with van der Waals surface area (Å²) < 4.78 is 24.6. The van der Waals surface area contributed by atoms with Crippen molar-refractivity contribution < 1.29 is 13.9 Å². The minimum Gasteiger partial charge on any atom is -0.497 e. The highest BCUT2D eigenvalue weighted by atomic mass is 19.1. The van der Waals surface area contributed by atoms with Crippen molar-refractivity contribution in [2.75, 3.05) is 33.3 Å². The maximum atomic E-state index is 13.3. The minimum atomic E-state index is -0.246. The van der Waals surface area contributed by atoms with E-state index >= 15 is 0 Å². The lowest BCUT2D eigenvalue weighted by Gasteiger charge is -2.37. The molecule has 2 fully saturated rings. The Morgan fingerprint density at radius 3 is 2.65 bits per heavy atom. The molecule has 2 atom stereocenters. The Hall–Kier alpha value is -2.11. The Morgan fingerprint density at radius 1 is 1.04 bits per heavy atom. The van der Waals surface area contributed by atoms with Gasteiger partial charge in [-0.3, -0.25) is 9.80 Å². The van der Waals surface area contributed by atoms with Crippen LogP contribution in [0.15, 0.2) is 48.5 Å². The highest BCUT2D eigenvalue weighted by molar-refractivity contribution is 5.27. The fraction of sp³-hybridized carbons (Fsp3) is 0.429. The predicted molar refractivity (Wildman–Crippen MR) is 99.1 cm³/mol. The van der Waals surface area contributed by atoms with E-state index in [4.69, 9.17) is 9.47 Å². The number of nitrogens with zero attached hydrogens (tertiary/aromatic N) is 2. The van der Waals surface area contributed by atoms with Crippen LogP contribution in [0.3, 0.4) is 0 Å². The fourth-order valence-electron chi connectivity index (χ4n) is 4.01. The third-order valence-corrected chi connectivity index (χ3v) is 5.33. The smallest absolute Gasteiger partial charge is 0.126 e. The molecule has 2 aliphatic heterocycles. The molecule has 0 N–H and O–H groups in total. The summed E-state index contributed by atoms with van der Waals surface area (Å²) in [5, 5.41) is 0. The lowest BCUT2D eigenvalue weighted by Crippen LogP contribution is -2.49. The molecule has 2 aromatic carbocycles. The maximum Gasteiger partial charge on any atom is 0.126 e. The second-order valence-corrected chi connectivity index (χ2v) is 7.16. The monoisotopic (exact) mass is 356 g/mol. The van der Waals surface area contributed by atoms with Crippen LogP contribution in [0.25, 0.3) is 0 Å². The van der Waals surface area contributed by atoms with Crippen molar-refractivity contribution in [1.82, 2.24) is 9.80 Å². The quantitative estimate of drug-likeness (QED) is 0.822. The molecular formula is C21H25FN2O2. The molecule has 0 spiro atoms. The van der Waals surface area contributed by atoms with Crippen LogP contribution < -0.4 is 9.47 Å². The standard InChI is InChI=1S/C21H25FN2O2/c1-25-19-7-5-16(6-8-19)13-23-9-10-24-15-21(12-18(24)14-23)26-20-4-2-3-17(22)11-20/h2-8,11,18,21H,9-10,12-15H2,1H3/t18-,21+/m1/s1. The number of hydrogen-bond acceptors (Lipinski definition) is 4.